The highest BCUT2D eigenvalue weighted by atomic mass is 32.2. The number of unbranched alkanes of at least 4 members (excludes halogenated alkanes) is 5. The maximum atomic E-state index is 12.1. The van der Waals surface area contributed by atoms with Gasteiger partial charge in [-0.1, -0.05) is 51.2 Å². The van der Waals surface area contributed by atoms with Gasteiger partial charge in [-0.05, 0) is 24.0 Å². The molecule has 0 fully saturated rings. The molecular formula is C14H23BO4S. The predicted octanol–water partition coefficient (Wildman–Crippen LogP) is 1.50. The lowest BCUT2D eigenvalue weighted by Crippen LogP contribution is -2.30. The average molecular weight is 298 g/mol. The van der Waals surface area contributed by atoms with Crippen molar-refractivity contribution in [1.82, 2.24) is 0 Å². The van der Waals surface area contributed by atoms with Gasteiger partial charge in [0.05, 0.1) is 10.6 Å². The van der Waals surface area contributed by atoms with Gasteiger partial charge in [0.1, 0.15) is 0 Å². The number of benzene rings is 1. The molecule has 0 amide bonds. The normalized spacial score (nSPS) is 11.6. The van der Waals surface area contributed by atoms with Crippen molar-refractivity contribution in [3.05, 3.63) is 24.3 Å². The first kappa shape index (κ1) is 17.2. The van der Waals surface area contributed by atoms with Crippen LogP contribution in [0.15, 0.2) is 29.2 Å². The molecule has 0 saturated carbocycles. The molecule has 0 aliphatic carbocycles. The summed E-state index contributed by atoms with van der Waals surface area (Å²) in [5, 5.41) is 18.1. The molecular weight excluding hydrogens is 275 g/mol. The van der Waals surface area contributed by atoms with Crippen LogP contribution >= 0.6 is 0 Å². The molecule has 0 saturated heterocycles. The van der Waals surface area contributed by atoms with Crippen LogP contribution in [0.3, 0.4) is 0 Å². The summed E-state index contributed by atoms with van der Waals surface area (Å²) in [6, 6.07) is 5.85. The molecule has 0 bridgehead atoms. The Morgan fingerprint density at radius 1 is 1.05 bits per heavy atom. The third kappa shape index (κ3) is 5.65. The lowest BCUT2D eigenvalue weighted by atomic mass is 9.80. The highest BCUT2D eigenvalue weighted by Crippen LogP contribution is 2.13. The summed E-state index contributed by atoms with van der Waals surface area (Å²) >= 11 is 0. The van der Waals surface area contributed by atoms with Crippen LogP contribution in [-0.4, -0.2) is 31.3 Å². The van der Waals surface area contributed by atoms with Crippen LogP contribution in [-0.2, 0) is 9.84 Å². The number of hydrogen-bond donors (Lipinski definition) is 2. The predicted molar refractivity (Wildman–Crippen MR) is 81.7 cm³/mol. The Morgan fingerprint density at radius 2 is 1.70 bits per heavy atom. The summed E-state index contributed by atoms with van der Waals surface area (Å²) in [5.41, 5.74) is 0.203. The van der Waals surface area contributed by atoms with E-state index >= 15 is 0 Å². The van der Waals surface area contributed by atoms with Crippen molar-refractivity contribution in [2.75, 3.05) is 5.75 Å². The molecule has 0 aliphatic heterocycles. The van der Waals surface area contributed by atoms with E-state index in [2.05, 4.69) is 6.92 Å². The second-order valence-electron chi connectivity index (χ2n) is 5.03. The molecule has 0 unspecified atom stereocenters. The molecule has 1 aromatic rings. The molecule has 6 heteroatoms. The molecule has 20 heavy (non-hydrogen) atoms. The minimum absolute atomic E-state index is 0.115. The van der Waals surface area contributed by atoms with Gasteiger partial charge in [0, 0.05) is 0 Å². The molecule has 112 valence electrons. The quantitative estimate of drug-likeness (QED) is 0.535. The van der Waals surface area contributed by atoms with Crippen molar-refractivity contribution in [2.24, 2.45) is 0 Å². The van der Waals surface area contributed by atoms with Gasteiger partial charge in [-0.25, -0.2) is 8.42 Å². The standard InChI is InChI=1S/C14H23BO4S/c1-2-3-4-5-6-7-11-20(18,19)14-10-8-9-13(12-14)15(16)17/h8-10,12,16-17H,2-7,11H2,1H3. The van der Waals surface area contributed by atoms with Crippen LogP contribution in [0.25, 0.3) is 0 Å². The second-order valence-corrected chi connectivity index (χ2v) is 7.14. The van der Waals surface area contributed by atoms with Crippen molar-refractivity contribution < 1.29 is 18.5 Å². The fourth-order valence-electron chi connectivity index (χ4n) is 2.06. The van der Waals surface area contributed by atoms with Crippen molar-refractivity contribution in [2.45, 2.75) is 50.3 Å². The van der Waals surface area contributed by atoms with Gasteiger partial charge in [0.2, 0.25) is 0 Å². The molecule has 1 rings (SSSR count). The average Bonchev–Trinajstić information content (AvgIpc) is 2.43. The summed E-state index contributed by atoms with van der Waals surface area (Å²) in [5.74, 6) is 0.115. The minimum atomic E-state index is -3.33. The molecule has 0 aromatic heterocycles. The summed E-state index contributed by atoms with van der Waals surface area (Å²) in [6.45, 7) is 2.15. The van der Waals surface area contributed by atoms with Crippen LogP contribution in [0.4, 0.5) is 0 Å². The summed E-state index contributed by atoms with van der Waals surface area (Å²) in [4.78, 5) is 0.164. The Morgan fingerprint density at radius 3 is 2.35 bits per heavy atom. The lowest BCUT2D eigenvalue weighted by molar-refractivity contribution is 0.425. The first-order valence-electron chi connectivity index (χ1n) is 7.16. The lowest BCUT2D eigenvalue weighted by Gasteiger charge is -2.06. The van der Waals surface area contributed by atoms with Crippen LogP contribution in [0.5, 0.6) is 0 Å². The van der Waals surface area contributed by atoms with E-state index in [4.69, 9.17) is 10.0 Å². The molecule has 0 radical (unpaired) electrons. The third-order valence-corrected chi connectivity index (χ3v) is 5.08. The van der Waals surface area contributed by atoms with E-state index in [1.54, 1.807) is 0 Å². The van der Waals surface area contributed by atoms with Gasteiger partial charge in [-0.3, -0.25) is 0 Å². The van der Waals surface area contributed by atoms with Crippen molar-refractivity contribution in [3.63, 3.8) is 0 Å². The van der Waals surface area contributed by atoms with Crippen LogP contribution in [0.1, 0.15) is 45.4 Å². The Hall–Kier alpha value is -0.845. The first-order chi connectivity index (χ1) is 9.47. The fraction of sp³-hybridized carbons (Fsp3) is 0.571. The van der Waals surface area contributed by atoms with Crippen molar-refractivity contribution >= 4 is 22.4 Å². The van der Waals surface area contributed by atoms with E-state index in [-0.39, 0.29) is 16.1 Å². The highest BCUT2D eigenvalue weighted by Gasteiger charge is 2.17. The maximum absolute atomic E-state index is 12.1. The van der Waals surface area contributed by atoms with Gasteiger partial charge in [-0.15, -0.1) is 0 Å². The Kier molecular flexibility index (Phi) is 7.26. The van der Waals surface area contributed by atoms with Crippen LogP contribution < -0.4 is 5.46 Å². The number of sulfone groups is 1. The van der Waals surface area contributed by atoms with Gasteiger partial charge < -0.3 is 10.0 Å². The van der Waals surface area contributed by atoms with Crippen LogP contribution in [0, 0.1) is 0 Å². The Balaban J connectivity index is 2.54. The SMILES string of the molecule is CCCCCCCCS(=O)(=O)c1cccc(B(O)O)c1. The van der Waals surface area contributed by atoms with E-state index in [0.717, 1.165) is 19.3 Å². The second kappa shape index (κ2) is 8.44. The third-order valence-electron chi connectivity index (χ3n) is 3.28. The molecule has 0 atom stereocenters. The van der Waals surface area contributed by atoms with E-state index < -0.39 is 17.0 Å². The van der Waals surface area contributed by atoms with E-state index in [0.29, 0.717) is 6.42 Å². The molecule has 0 aliphatic rings. The summed E-state index contributed by atoms with van der Waals surface area (Å²) in [7, 11) is -4.97. The van der Waals surface area contributed by atoms with E-state index in [9.17, 15) is 8.42 Å². The Bertz CT molecular complexity index is 500. The van der Waals surface area contributed by atoms with Gasteiger partial charge in [-0.2, -0.15) is 0 Å². The molecule has 4 nitrogen and oxygen atoms in total. The molecule has 2 N–H and O–H groups in total. The summed E-state index contributed by atoms with van der Waals surface area (Å²) in [6.07, 6.45) is 6.17. The summed E-state index contributed by atoms with van der Waals surface area (Å²) < 4.78 is 24.3. The Labute approximate surface area is 121 Å². The fourth-order valence-corrected chi connectivity index (χ4v) is 3.48. The van der Waals surface area contributed by atoms with E-state index in [1.165, 1.54) is 37.1 Å². The van der Waals surface area contributed by atoms with Crippen LogP contribution in [0.2, 0.25) is 0 Å². The van der Waals surface area contributed by atoms with Gasteiger partial charge >= 0.3 is 7.12 Å². The molecule has 0 spiro atoms. The van der Waals surface area contributed by atoms with Crippen molar-refractivity contribution in [3.8, 4) is 0 Å². The number of rotatable bonds is 9. The highest BCUT2D eigenvalue weighted by molar-refractivity contribution is 7.91. The number of hydrogen-bond acceptors (Lipinski definition) is 4. The van der Waals surface area contributed by atoms with Gasteiger partial charge in [0.15, 0.2) is 9.84 Å². The zero-order valence-corrected chi connectivity index (χ0v) is 12.8. The topological polar surface area (TPSA) is 74.6 Å². The van der Waals surface area contributed by atoms with Gasteiger partial charge in [0.25, 0.3) is 0 Å². The van der Waals surface area contributed by atoms with E-state index in [1.807, 2.05) is 0 Å². The van der Waals surface area contributed by atoms with Crippen molar-refractivity contribution in [1.29, 1.82) is 0 Å². The monoisotopic (exact) mass is 298 g/mol. The largest absolute Gasteiger partial charge is 0.488 e. The minimum Gasteiger partial charge on any atom is -0.423 e. The molecule has 1 aromatic carbocycles. The first-order valence-corrected chi connectivity index (χ1v) is 8.81. The maximum Gasteiger partial charge on any atom is 0.488 e. The molecule has 0 heterocycles. The zero-order chi connectivity index (χ0) is 15.0. The smallest absolute Gasteiger partial charge is 0.423 e. The zero-order valence-electron chi connectivity index (χ0n) is 12.0.